The van der Waals surface area contributed by atoms with E-state index in [-0.39, 0.29) is 0 Å². The second-order valence-corrected chi connectivity index (χ2v) is 8.33. The average molecular weight is 514 g/mol. The van der Waals surface area contributed by atoms with Crippen LogP contribution in [0.1, 0.15) is 12.5 Å². The van der Waals surface area contributed by atoms with Crippen molar-refractivity contribution >= 4 is 18.0 Å². The lowest BCUT2D eigenvalue weighted by molar-refractivity contribution is -0.383. The van der Waals surface area contributed by atoms with Crippen LogP contribution in [0.3, 0.4) is 0 Å². The van der Waals surface area contributed by atoms with Crippen molar-refractivity contribution < 1.29 is 63.9 Å². The van der Waals surface area contributed by atoms with E-state index in [0.717, 1.165) is 13.0 Å². The van der Waals surface area contributed by atoms with E-state index in [2.05, 4.69) is 0 Å². The first-order valence-corrected chi connectivity index (χ1v) is 11.1. The molecule has 0 aromatic heterocycles. The molecule has 13 heteroatoms. The zero-order valence-electron chi connectivity index (χ0n) is 19.3. The van der Waals surface area contributed by atoms with Crippen molar-refractivity contribution in [3.8, 4) is 0 Å². The predicted octanol–water partition coefficient (Wildman–Crippen LogP) is -2.56. The van der Waals surface area contributed by atoms with Crippen LogP contribution in [0.2, 0.25) is 0 Å². The van der Waals surface area contributed by atoms with Gasteiger partial charge in [0.05, 0.1) is 6.61 Å². The fourth-order valence-corrected chi connectivity index (χ4v) is 3.84. The van der Waals surface area contributed by atoms with Crippen molar-refractivity contribution in [1.82, 2.24) is 0 Å². The van der Waals surface area contributed by atoms with Gasteiger partial charge in [0, 0.05) is 13.0 Å². The topological polar surface area (TPSA) is 202 Å². The van der Waals surface area contributed by atoms with Gasteiger partial charge in [-0.1, -0.05) is 30.3 Å². The Bertz CT molecular complexity index is 909. The van der Waals surface area contributed by atoms with Crippen LogP contribution in [-0.4, -0.2) is 117 Å². The SMILES string of the molecule is CC(=O)OCC1OC(OC2(CO)OC(CO)C(OC(=O)C=Cc3ccccc3)C2O)C(O)C(O)C1O. The molecule has 2 saturated heterocycles. The Balaban J connectivity index is 1.74. The van der Waals surface area contributed by atoms with Crippen LogP contribution in [0.25, 0.3) is 6.08 Å². The van der Waals surface area contributed by atoms with Crippen molar-refractivity contribution in [3.05, 3.63) is 42.0 Å². The molecule has 1 aromatic carbocycles. The Kier molecular flexibility index (Phi) is 9.52. The van der Waals surface area contributed by atoms with Gasteiger partial charge in [0.1, 0.15) is 49.8 Å². The van der Waals surface area contributed by atoms with Gasteiger partial charge in [0.25, 0.3) is 0 Å². The Hall–Kier alpha value is -2.46. The largest absolute Gasteiger partial charge is 0.463 e. The minimum Gasteiger partial charge on any atom is -0.463 e. The molecule has 9 unspecified atom stereocenters. The summed E-state index contributed by atoms with van der Waals surface area (Å²) >= 11 is 0. The molecule has 0 spiro atoms. The summed E-state index contributed by atoms with van der Waals surface area (Å²) in [5.41, 5.74) is 0.705. The Morgan fingerprint density at radius 3 is 2.33 bits per heavy atom. The van der Waals surface area contributed by atoms with Gasteiger partial charge in [0.2, 0.25) is 5.79 Å². The number of hydrogen-bond acceptors (Lipinski definition) is 13. The minimum absolute atomic E-state index is 0.497. The fraction of sp³-hybridized carbons (Fsp3) is 0.565. The summed E-state index contributed by atoms with van der Waals surface area (Å²) in [7, 11) is 0. The smallest absolute Gasteiger partial charge is 0.331 e. The summed E-state index contributed by atoms with van der Waals surface area (Å²) in [4.78, 5) is 23.4. The van der Waals surface area contributed by atoms with E-state index in [1.54, 1.807) is 30.3 Å². The lowest BCUT2D eigenvalue weighted by atomic mass is 9.99. The first-order chi connectivity index (χ1) is 17.1. The summed E-state index contributed by atoms with van der Waals surface area (Å²) in [5.74, 6) is -3.93. The van der Waals surface area contributed by atoms with E-state index < -0.39 is 86.6 Å². The van der Waals surface area contributed by atoms with Crippen LogP contribution >= 0.6 is 0 Å². The summed E-state index contributed by atoms with van der Waals surface area (Å²) in [6, 6.07) is 8.82. The van der Waals surface area contributed by atoms with Crippen molar-refractivity contribution in [3.63, 3.8) is 0 Å². The van der Waals surface area contributed by atoms with Gasteiger partial charge in [-0.3, -0.25) is 4.79 Å². The van der Waals surface area contributed by atoms with Crippen LogP contribution in [0.5, 0.6) is 0 Å². The normalized spacial score (nSPS) is 36.6. The van der Waals surface area contributed by atoms with E-state index in [1.807, 2.05) is 0 Å². The highest BCUT2D eigenvalue weighted by molar-refractivity contribution is 5.87. The van der Waals surface area contributed by atoms with Gasteiger partial charge in [-0.2, -0.15) is 0 Å². The number of carbonyl (C=O) groups excluding carboxylic acids is 2. The minimum atomic E-state index is -2.36. The second-order valence-electron chi connectivity index (χ2n) is 8.33. The van der Waals surface area contributed by atoms with E-state index in [0.29, 0.717) is 5.56 Å². The lowest BCUT2D eigenvalue weighted by Crippen LogP contribution is -2.63. The van der Waals surface area contributed by atoms with Crippen LogP contribution in [0.4, 0.5) is 0 Å². The molecular formula is C23H30O13. The molecule has 2 aliphatic heterocycles. The summed E-state index contributed by atoms with van der Waals surface area (Å²) in [6.45, 7) is -1.17. The second kappa shape index (κ2) is 12.2. The van der Waals surface area contributed by atoms with Crippen molar-refractivity contribution in [2.75, 3.05) is 19.8 Å². The quantitative estimate of drug-likeness (QED) is 0.149. The predicted molar refractivity (Wildman–Crippen MR) is 118 cm³/mol. The third-order valence-electron chi connectivity index (χ3n) is 5.78. The molecule has 2 fully saturated rings. The third kappa shape index (κ3) is 6.26. The van der Waals surface area contributed by atoms with E-state index >= 15 is 0 Å². The number of esters is 2. The number of hydrogen-bond donors (Lipinski definition) is 6. The van der Waals surface area contributed by atoms with Crippen LogP contribution in [0, 0.1) is 0 Å². The van der Waals surface area contributed by atoms with Crippen molar-refractivity contribution in [1.29, 1.82) is 0 Å². The molecule has 0 amide bonds. The van der Waals surface area contributed by atoms with Crippen LogP contribution in [-0.2, 0) is 33.3 Å². The van der Waals surface area contributed by atoms with E-state index in [1.165, 1.54) is 6.08 Å². The number of carbonyl (C=O) groups is 2. The van der Waals surface area contributed by atoms with Gasteiger partial charge in [0.15, 0.2) is 12.4 Å². The van der Waals surface area contributed by atoms with Gasteiger partial charge < -0.3 is 54.3 Å². The number of aliphatic hydroxyl groups excluding tert-OH is 6. The molecule has 36 heavy (non-hydrogen) atoms. The summed E-state index contributed by atoms with van der Waals surface area (Å²) < 4.78 is 26.4. The first kappa shape index (κ1) is 28.1. The monoisotopic (exact) mass is 514 g/mol. The highest BCUT2D eigenvalue weighted by atomic mass is 16.8. The van der Waals surface area contributed by atoms with Crippen LogP contribution in [0.15, 0.2) is 36.4 Å². The molecule has 2 heterocycles. The Morgan fingerprint density at radius 1 is 1.03 bits per heavy atom. The van der Waals surface area contributed by atoms with Crippen molar-refractivity contribution in [2.24, 2.45) is 0 Å². The molecule has 9 atom stereocenters. The maximum atomic E-state index is 12.3. The lowest BCUT2D eigenvalue weighted by Gasteiger charge is -2.43. The molecule has 6 N–H and O–H groups in total. The fourth-order valence-electron chi connectivity index (χ4n) is 3.84. The summed E-state index contributed by atoms with van der Waals surface area (Å²) in [5, 5.41) is 61.3. The average Bonchev–Trinajstić information content (AvgIpc) is 3.13. The van der Waals surface area contributed by atoms with E-state index in [9.17, 15) is 40.2 Å². The third-order valence-corrected chi connectivity index (χ3v) is 5.78. The number of benzene rings is 1. The molecule has 1 aromatic rings. The molecule has 0 saturated carbocycles. The first-order valence-electron chi connectivity index (χ1n) is 11.1. The Labute approximate surface area is 206 Å². The van der Waals surface area contributed by atoms with Gasteiger partial charge >= 0.3 is 11.9 Å². The van der Waals surface area contributed by atoms with Gasteiger partial charge in [-0.05, 0) is 11.6 Å². The standard InChI is InChI=1S/C23H30O13/c1-12(26)32-10-15-17(28)18(29)19(30)22(33-15)36-23(11-25)21(31)20(14(9-24)35-23)34-16(27)8-7-13-5-3-2-4-6-13/h2-8,14-15,17-22,24-25,28-31H,9-11H2,1H3. The highest BCUT2D eigenvalue weighted by Gasteiger charge is 2.60. The molecule has 13 nitrogen and oxygen atoms in total. The highest BCUT2D eigenvalue weighted by Crippen LogP contribution is 2.37. The van der Waals surface area contributed by atoms with E-state index in [4.69, 9.17) is 23.7 Å². The maximum absolute atomic E-state index is 12.3. The molecule has 3 rings (SSSR count). The molecule has 200 valence electrons. The molecule has 0 bridgehead atoms. The Morgan fingerprint density at radius 2 is 1.72 bits per heavy atom. The maximum Gasteiger partial charge on any atom is 0.331 e. The zero-order chi connectivity index (χ0) is 26.5. The van der Waals surface area contributed by atoms with Crippen LogP contribution < -0.4 is 0 Å². The molecule has 2 aliphatic rings. The van der Waals surface area contributed by atoms with Crippen molar-refractivity contribution in [2.45, 2.75) is 61.7 Å². The zero-order valence-corrected chi connectivity index (χ0v) is 19.3. The summed E-state index contributed by atoms with van der Waals surface area (Å²) in [6.07, 6.45) is -10.6. The van der Waals surface area contributed by atoms with Gasteiger partial charge in [-0.15, -0.1) is 0 Å². The number of rotatable bonds is 9. The molecule has 0 radical (unpaired) electrons. The molecule has 0 aliphatic carbocycles. The number of ether oxygens (including phenoxy) is 5. The van der Waals surface area contributed by atoms with Gasteiger partial charge in [-0.25, -0.2) is 4.79 Å². The molecular weight excluding hydrogens is 484 g/mol. The number of aliphatic hydroxyl groups is 6.